The first kappa shape index (κ1) is 65.0. The molecule has 0 heterocycles. The minimum Gasteiger partial charge on any atom is -0.424 e. The van der Waals surface area contributed by atoms with E-state index < -0.39 is 0 Å². The molecule has 0 aromatic rings. The molecule has 0 saturated heterocycles. The average molecular weight is 731 g/mol. The topological polar surface area (TPSA) is 132 Å². The van der Waals surface area contributed by atoms with Gasteiger partial charge in [-0.05, 0) is 78.2 Å². The average Bonchev–Trinajstić information content (AvgIpc) is 3.11. The predicted molar refractivity (Wildman–Crippen MR) is 210 cm³/mol. The Balaban J connectivity index is -0.000000143. The van der Waals surface area contributed by atoms with E-state index in [4.69, 9.17) is 28.3 Å². The van der Waals surface area contributed by atoms with Gasteiger partial charge in [0.15, 0.2) is 9.76 Å². The van der Waals surface area contributed by atoms with Crippen molar-refractivity contribution in [3.63, 3.8) is 0 Å². The zero-order chi connectivity index (χ0) is 36.4. The molecule has 10 nitrogen and oxygen atoms in total. The normalized spacial score (nSPS) is 9.46. The van der Waals surface area contributed by atoms with E-state index >= 15 is 0 Å². The summed E-state index contributed by atoms with van der Waals surface area (Å²) in [6, 6.07) is 2.57. The molecule has 12 heteroatoms. The number of ether oxygens (including phenoxy) is 2. The molecule has 0 aliphatic heterocycles. The third-order valence-corrected chi connectivity index (χ3v) is 8.59. The third-order valence-electron chi connectivity index (χ3n) is 5.89. The molecular formula is C36H82O10Si2. The van der Waals surface area contributed by atoms with Crippen molar-refractivity contribution in [3.05, 3.63) is 0 Å². The highest BCUT2D eigenvalue weighted by atomic mass is 28.2. The smallest absolute Gasteiger partial charge is 0.161 e. The molecule has 0 aromatic carbocycles. The Labute approximate surface area is 302 Å². The molecule has 0 saturated carbocycles. The van der Waals surface area contributed by atoms with Gasteiger partial charge in [-0.2, -0.15) is 0 Å². The molecule has 0 spiro atoms. The van der Waals surface area contributed by atoms with Crippen LogP contribution in [0.25, 0.3) is 0 Å². The molecule has 0 atom stereocenters. The summed E-state index contributed by atoms with van der Waals surface area (Å²) in [5, 5.41) is 0. The van der Waals surface area contributed by atoms with Gasteiger partial charge >= 0.3 is 0 Å². The summed E-state index contributed by atoms with van der Waals surface area (Å²) in [5.74, 6) is 0.830. The molecule has 0 bridgehead atoms. The molecule has 0 rings (SSSR count). The highest BCUT2D eigenvalue weighted by molar-refractivity contribution is 6.33. The van der Waals surface area contributed by atoms with Gasteiger partial charge in [-0.3, -0.25) is 9.59 Å². The first-order valence-electron chi connectivity index (χ1n) is 17.5. The van der Waals surface area contributed by atoms with Gasteiger partial charge in [0.2, 0.25) is 0 Å². The zero-order valence-corrected chi connectivity index (χ0v) is 33.7. The number of carbonyl (C=O) groups excluding carboxylic acids is 5. The van der Waals surface area contributed by atoms with Crippen LogP contribution in [-0.4, -0.2) is 97.5 Å². The summed E-state index contributed by atoms with van der Waals surface area (Å²) in [5.41, 5.74) is 0. The lowest BCUT2D eigenvalue weighted by Gasteiger charge is -2.06. The van der Waals surface area contributed by atoms with Crippen molar-refractivity contribution < 1.29 is 47.6 Å². The lowest BCUT2D eigenvalue weighted by molar-refractivity contribution is -0.287. The fraction of sp³-hybridized carbons (Fsp3) is 0.861. The van der Waals surface area contributed by atoms with E-state index in [0.29, 0.717) is 31.2 Å². The van der Waals surface area contributed by atoms with Crippen LogP contribution in [0.4, 0.5) is 0 Å². The molecule has 294 valence electrons. The SMILES string of the molecule is C.C.C=O.C=O.C=O.CC.CCOOCC.CCO[SiH2]CCCCC(=O)CCCCOCCCCOCCCCC(=O)CCCC[SiH2]C. The summed E-state index contributed by atoms with van der Waals surface area (Å²) in [6.07, 6.45) is 13.3. The van der Waals surface area contributed by atoms with E-state index in [1.165, 1.54) is 18.5 Å². The van der Waals surface area contributed by atoms with Gasteiger partial charge in [-0.25, -0.2) is 9.78 Å². The van der Waals surface area contributed by atoms with Crippen molar-refractivity contribution in [2.75, 3.05) is 46.2 Å². The molecule has 0 fully saturated rings. The summed E-state index contributed by atoms with van der Waals surface area (Å²) in [6.45, 7) is 23.3. The van der Waals surface area contributed by atoms with Crippen molar-refractivity contribution >= 4 is 51.2 Å². The maximum Gasteiger partial charge on any atom is 0.161 e. The van der Waals surface area contributed by atoms with E-state index in [0.717, 1.165) is 110 Å². The monoisotopic (exact) mass is 731 g/mol. The van der Waals surface area contributed by atoms with Gasteiger partial charge in [0.05, 0.1) is 13.2 Å². The highest BCUT2D eigenvalue weighted by Gasteiger charge is 2.03. The molecule has 0 radical (unpaired) electrons. The number of hydrogen-bond acceptors (Lipinski definition) is 10. The van der Waals surface area contributed by atoms with E-state index in [1.54, 1.807) is 0 Å². The molecule has 0 aliphatic rings. The van der Waals surface area contributed by atoms with Gasteiger partial charge in [-0.1, -0.05) is 54.1 Å². The van der Waals surface area contributed by atoms with Crippen molar-refractivity contribution in [3.8, 4) is 0 Å². The van der Waals surface area contributed by atoms with E-state index in [2.05, 4.69) is 16.3 Å². The molecule has 0 unspecified atom stereocenters. The number of rotatable bonds is 30. The second-order valence-electron chi connectivity index (χ2n) is 9.55. The standard InChI is InChI=1S/C25H52O5Si2.C4H10O2.C2H6.3CH2O.2CH4/c1-3-30-32-23-13-7-17-25(27)15-5-9-19-29-21-11-10-20-28-18-8-4-14-24(26)16-6-12-22-31-2;1-3-5-6-4-2;4*1-2;;/h3-23,31-32H2,1-2H3;3-4H2,1-2H3;1-2H3;3*1H2;2*1H4. The fourth-order valence-corrected chi connectivity index (χ4v) is 5.58. The maximum atomic E-state index is 11.8. The number of hydrogen-bond donors (Lipinski definition) is 0. The Hall–Kier alpha value is -1.42. The number of Topliss-reactive ketones (excluding diaryl/α,β-unsaturated/α-hetero) is 2. The van der Waals surface area contributed by atoms with Crippen molar-refractivity contribution in [1.82, 2.24) is 0 Å². The maximum absolute atomic E-state index is 11.8. The van der Waals surface area contributed by atoms with Gasteiger partial charge in [0.25, 0.3) is 0 Å². The minimum absolute atomic E-state index is 0. The van der Waals surface area contributed by atoms with Crippen LogP contribution < -0.4 is 0 Å². The molecular weight excluding hydrogens is 649 g/mol. The molecule has 0 amide bonds. The van der Waals surface area contributed by atoms with E-state index in [-0.39, 0.29) is 34.1 Å². The quantitative estimate of drug-likeness (QED) is 0.0317. The summed E-state index contributed by atoms with van der Waals surface area (Å²) in [4.78, 5) is 56.6. The van der Waals surface area contributed by atoms with Gasteiger partial charge in [0, 0.05) is 68.2 Å². The van der Waals surface area contributed by atoms with E-state index in [9.17, 15) is 9.59 Å². The number of ketones is 2. The van der Waals surface area contributed by atoms with Crippen molar-refractivity contribution in [2.24, 2.45) is 0 Å². The van der Waals surface area contributed by atoms with Crippen LogP contribution in [0, 0.1) is 0 Å². The Bertz CT molecular complexity index is 524. The lowest BCUT2D eigenvalue weighted by Crippen LogP contribution is -2.03. The third kappa shape index (κ3) is 79.8. The Morgan fingerprint density at radius 3 is 1.12 bits per heavy atom. The molecule has 0 aliphatic carbocycles. The van der Waals surface area contributed by atoms with Gasteiger partial charge in [-0.15, -0.1) is 0 Å². The van der Waals surface area contributed by atoms with Gasteiger partial charge in [0.1, 0.15) is 31.9 Å². The lowest BCUT2D eigenvalue weighted by atomic mass is 10.1. The largest absolute Gasteiger partial charge is 0.424 e. The molecule has 48 heavy (non-hydrogen) atoms. The Morgan fingerprint density at radius 2 is 0.812 bits per heavy atom. The van der Waals surface area contributed by atoms with Gasteiger partial charge < -0.3 is 28.3 Å². The number of carbonyl (C=O) groups is 5. The molecule has 0 aromatic heterocycles. The second-order valence-corrected chi connectivity index (χ2v) is 12.8. The zero-order valence-electron chi connectivity index (χ0n) is 30.9. The summed E-state index contributed by atoms with van der Waals surface area (Å²) >= 11 is 0. The first-order valence-corrected chi connectivity index (χ1v) is 21.5. The Morgan fingerprint density at radius 1 is 0.500 bits per heavy atom. The van der Waals surface area contributed by atoms with Crippen LogP contribution in [0.3, 0.4) is 0 Å². The second kappa shape index (κ2) is 75.8. The fourth-order valence-electron chi connectivity index (χ4n) is 3.68. The van der Waals surface area contributed by atoms with Crippen LogP contribution in [-0.2, 0) is 47.6 Å². The first-order chi connectivity index (χ1) is 22.6. The predicted octanol–water partition coefficient (Wildman–Crippen LogP) is 7.51. The van der Waals surface area contributed by atoms with Crippen LogP contribution in [0.15, 0.2) is 0 Å². The number of unbranched alkanes of at least 4 members (excludes halogenated alkanes) is 5. The minimum atomic E-state index is -0.326. The van der Waals surface area contributed by atoms with Crippen LogP contribution >= 0.6 is 0 Å². The van der Waals surface area contributed by atoms with Crippen LogP contribution in [0.1, 0.15) is 139 Å². The van der Waals surface area contributed by atoms with E-state index in [1.807, 2.05) is 55.0 Å². The summed E-state index contributed by atoms with van der Waals surface area (Å²) in [7, 11) is -0.152. The molecule has 0 N–H and O–H groups in total. The van der Waals surface area contributed by atoms with Crippen LogP contribution in [0.2, 0.25) is 18.6 Å². The van der Waals surface area contributed by atoms with Crippen molar-refractivity contribution in [2.45, 2.75) is 158 Å². The summed E-state index contributed by atoms with van der Waals surface area (Å²) < 4.78 is 16.8. The van der Waals surface area contributed by atoms with Crippen LogP contribution in [0.5, 0.6) is 0 Å². The highest BCUT2D eigenvalue weighted by Crippen LogP contribution is 2.07. The Kier molecular flexibility index (Phi) is 103. The van der Waals surface area contributed by atoms with Crippen molar-refractivity contribution in [1.29, 1.82) is 0 Å².